The molecular formula is C6H11BrN2O. The Balaban J connectivity index is 0.000000810. The molecule has 0 saturated carbocycles. The van der Waals surface area contributed by atoms with E-state index in [2.05, 4.69) is 0 Å². The predicted molar refractivity (Wildman–Crippen MR) is 32.7 cm³/mol. The summed E-state index contributed by atoms with van der Waals surface area (Å²) >= 11 is 0. The van der Waals surface area contributed by atoms with Gasteiger partial charge in [-0.15, -0.1) is 0 Å². The maximum absolute atomic E-state index is 8.50. The highest BCUT2D eigenvalue weighted by molar-refractivity contribution is 4.64. The van der Waals surface area contributed by atoms with Crippen molar-refractivity contribution in [3.05, 3.63) is 18.7 Å². The Kier molecular flexibility index (Phi) is 4.31. The summed E-state index contributed by atoms with van der Waals surface area (Å²) in [6.07, 6.45) is 5.79. The van der Waals surface area contributed by atoms with Crippen LogP contribution in [0.4, 0.5) is 0 Å². The summed E-state index contributed by atoms with van der Waals surface area (Å²) in [4.78, 5) is 0. The van der Waals surface area contributed by atoms with Crippen LogP contribution in [-0.4, -0.2) is 16.3 Å². The van der Waals surface area contributed by atoms with Gasteiger partial charge < -0.3 is 22.1 Å². The van der Waals surface area contributed by atoms with E-state index >= 15 is 0 Å². The standard InChI is InChI=1S/C6H11N2O.BrH/c1-7-2-3-8(6-7)4-5-9;/h2-3,6,9H,4-5H2,1H3;1H/q+1;/p-1. The molecule has 0 bridgehead atoms. The lowest BCUT2D eigenvalue weighted by molar-refractivity contribution is -0.671. The summed E-state index contributed by atoms with van der Waals surface area (Å²) in [5.41, 5.74) is 0. The van der Waals surface area contributed by atoms with Gasteiger partial charge in [0, 0.05) is 0 Å². The molecule has 10 heavy (non-hydrogen) atoms. The number of aromatic nitrogens is 2. The molecule has 0 aliphatic carbocycles. The van der Waals surface area contributed by atoms with Gasteiger partial charge in [-0.1, -0.05) is 0 Å². The molecule has 1 N–H and O–H groups in total. The number of aliphatic hydroxyl groups excluding tert-OH is 1. The van der Waals surface area contributed by atoms with Crippen LogP contribution in [-0.2, 0) is 13.6 Å². The molecule has 58 valence electrons. The zero-order chi connectivity index (χ0) is 6.69. The van der Waals surface area contributed by atoms with E-state index < -0.39 is 0 Å². The molecule has 4 heteroatoms. The monoisotopic (exact) mass is 206 g/mol. The average Bonchev–Trinajstić information content (AvgIpc) is 2.17. The highest BCUT2D eigenvalue weighted by atomic mass is 79.9. The van der Waals surface area contributed by atoms with Crippen LogP contribution in [0.15, 0.2) is 18.7 Å². The summed E-state index contributed by atoms with van der Waals surface area (Å²) in [5, 5.41) is 8.50. The fraction of sp³-hybridized carbons (Fsp3) is 0.500. The molecule has 0 unspecified atom stereocenters. The lowest BCUT2D eigenvalue weighted by atomic mass is 10.7. The molecule has 0 aliphatic rings. The predicted octanol–water partition coefficient (Wildman–Crippen LogP) is -3.69. The first-order chi connectivity index (χ1) is 4.33. The van der Waals surface area contributed by atoms with E-state index in [1.54, 1.807) is 0 Å². The van der Waals surface area contributed by atoms with Crippen molar-refractivity contribution in [2.24, 2.45) is 7.05 Å². The van der Waals surface area contributed by atoms with E-state index in [1.807, 2.05) is 34.9 Å². The lowest BCUT2D eigenvalue weighted by Gasteiger charge is -1.86. The number of rotatable bonds is 2. The van der Waals surface area contributed by atoms with Crippen molar-refractivity contribution >= 4 is 0 Å². The number of aliphatic hydroxyl groups is 1. The topological polar surface area (TPSA) is 29.0 Å². The summed E-state index contributed by atoms with van der Waals surface area (Å²) in [5.74, 6) is 0. The Labute approximate surface area is 70.7 Å². The van der Waals surface area contributed by atoms with Crippen LogP contribution in [0.1, 0.15) is 0 Å². The summed E-state index contributed by atoms with van der Waals surface area (Å²) in [6, 6.07) is 0. The minimum Gasteiger partial charge on any atom is -1.00 e. The first-order valence-electron chi connectivity index (χ1n) is 2.95. The molecule has 0 radical (unpaired) electrons. The van der Waals surface area contributed by atoms with Crippen LogP contribution >= 0.6 is 0 Å². The van der Waals surface area contributed by atoms with Gasteiger partial charge in [0.15, 0.2) is 0 Å². The first-order valence-corrected chi connectivity index (χ1v) is 2.95. The van der Waals surface area contributed by atoms with Gasteiger partial charge in [-0.2, -0.15) is 0 Å². The smallest absolute Gasteiger partial charge is 0.243 e. The highest BCUT2D eigenvalue weighted by Crippen LogP contribution is 1.80. The number of nitrogens with zero attached hydrogens (tertiary/aromatic N) is 2. The molecule has 0 fully saturated rings. The lowest BCUT2D eigenvalue weighted by Crippen LogP contribution is -3.00. The van der Waals surface area contributed by atoms with E-state index in [1.165, 1.54) is 0 Å². The van der Waals surface area contributed by atoms with Crippen LogP contribution < -0.4 is 21.5 Å². The molecule has 0 saturated heterocycles. The maximum atomic E-state index is 8.50. The van der Waals surface area contributed by atoms with E-state index in [4.69, 9.17) is 5.11 Å². The molecule has 0 aliphatic heterocycles. The van der Waals surface area contributed by atoms with Gasteiger partial charge >= 0.3 is 0 Å². The molecule has 3 nitrogen and oxygen atoms in total. The van der Waals surface area contributed by atoms with Gasteiger partial charge in [-0.3, -0.25) is 0 Å². The van der Waals surface area contributed by atoms with Gasteiger partial charge in [0.25, 0.3) is 0 Å². The number of imidazole rings is 1. The number of aryl methyl sites for hydroxylation is 1. The van der Waals surface area contributed by atoms with Crippen molar-refractivity contribution in [2.75, 3.05) is 6.61 Å². The average molecular weight is 207 g/mol. The van der Waals surface area contributed by atoms with Crippen molar-refractivity contribution in [3.8, 4) is 0 Å². The fourth-order valence-corrected chi connectivity index (χ4v) is 0.749. The third kappa shape index (κ3) is 2.49. The number of halogens is 1. The van der Waals surface area contributed by atoms with E-state index in [0.29, 0.717) is 6.54 Å². The number of hydrogen-bond acceptors (Lipinski definition) is 1. The highest BCUT2D eigenvalue weighted by Gasteiger charge is 1.95. The molecule has 1 heterocycles. The Morgan fingerprint density at radius 1 is 1.60 bits per heavy atom. The molecule has 0 amide bonds. The number of hydrogen-bond donors (Lipinski definition) is 1. The largest absolute Gasteiger partial charge is 1.00 e. The van der Waals surface area contributed by atoms with Gasteiger partial charge in [0.2, 0.25) is 6.33 Å². The SMILES string of the molecule is C[n+]1ccn(CCO)c1.[Br-]. The van der Waals surface area contributed by atoms with Gasteiger partial charge in [0.1, 0.15) is 18.9 Å². The minimum absolute atomic E-state index is 0. The molecule has 1 rings (SSSR count). The van der Waals surface area contributed by atoms with Gasteiger partial charge in [-0.05, 0) is 0 Å². The summed E-state index contributed by atoms with van der Waals surface area (Å²) in [6.45, 7) is 0.884. The fourth-order valence-electron chi connectivity index (χ4n) is 0.749. The van der Waals surface area contributed by atoms with Crippen LogP contribution in [0, 0.1) is 0 Å². The van der Waals surface area contributed by atoms with E-state index in [-0.39, 0.29) is 23.6 Å². The zero-order valence-electron chi connectivity index (χ0n) is 5.87. The molecule has 1 aromatic rings. The first kappa shape index (κ1) is 9.65. The molecule has 0 atom stereocenters. The van der Waals surface area contributed by atoms with Crippen molar-refractivity contribution in [2.45, 2.75) is 6.54 Å². The quantitative estimate of drug-likeness (QED) is 0.497. The van der Waals surface area contributed by atoms with E-state index in [9.17, 15) is 0 Å². The van der Waals surface area contributed by atoms with Gasteiger partial charge in [-0.25, -0.2) is 9.13 Å². The second-order valence-electron chi connectivity index (χ2n) is 2.04. The second-order valence-corrected chi connectivity index (χ2v) is 2.04. The van der Waals surface area contributed by atoms with Gasteiger partial charge in [0.05, 0.1) is 13.7 Å². The summed E-state index contributed by atoms with van der Waals surface area (Å²) < 4.78 is 3.87. The third-order valence-corrected chi connectivity index (χ3v) is 1.18. The van der Waals surface area contributed by atoms with Crippen LogP contribution in [0.2, 0.25) is 0 Å². The Hall–Kier alpha value is -0.350. The Morgan fingerprint density at radius 2 is 2.30 bits per heavy atom. The molecule has 0 aromatic carbocycles. The van der Waals surface area contributed by atoms with Crippen molar-refractivity contribution in [1.82, 2.24) is 4.57 Å². The Morgan fingerprint density at radius 3 is 2.70 bits per heavy atom. The molecule has 0 spiro atoms. The van der Waals surface area contributed by atoms with Crippen molar-refractivity contribution < 1.29 is 26.7 Å². The molecular weight excluding hydrogens is 196 g/mol. The third-order valence-electron chi connectivity index (χ3n) is 1.18. The second kappa shape index (κ2) is 4.46. The minimum atomic E-state index is 0. The van der Waals surface area contributed by atoms with Crippen molar-refractivity contribution in [1.29, 1.82) is 0 Å². The van der Waals surface area contributed by atoms with Crippen LogP contribution in [0.25, 0.3) is 0 Å². The Bertz CT molecular complexity index is 188. The van der Waals surface area contributed by atoms with E-state index in [0.717, 1.165) is 0 Å². The van der Waals surface area contributed by atoms with Crippen LogP contribution in [0.5, 0.6) is 0 Å². The normalized spacial score (nSPS) is 9.00. The van der Waals surface area contributed by atoms with Crippen LogP contribution in [0.3, 0.4) is 0 Å². The van der Waals surface area contributed by atoms with Crippen molar-refractivity contribution in [3.63, 3.8) is 0 Å². The summed E-state index contributed by atoms with van der Waals surface area (Å²) in [7, 11) is 1.95. The maximum Gasteiger partial charge on any atom is 0.243 e. The molecule has 1 aromatic heterocycles. The zero-order valence-corrected chi connectivity index (χ0v) is 7.45.